The third kappa shape index (κ3) is 5.11. The van der Waals surface area contributed by atoms with E-state index in [1.54, 1.807) is 6.08 Å². The second kappa shape index (κ2) is 9.78. The third-order valence-electron chi connectivity index (χ3n) is 6.11. The summed E-state index contributed by atoms with van der Waals surface area (Å²) in [6, 6.07) is 9.23. The molecule has 0 radical (unpaired) electrons. The standard InChI is InChI=1S/C24H36N2/c1-6-12-22(8-3)25-16-15-24(9-4)17-21(24)18-26-19(5)23-14-11-10-13-20(23)7-2/h6,8,10-14,19,21,25-26H,1,3,7,9,15-18H2,2,4-5H3/b22-12+. The van der Waals surface area contributed by atoms with E-state index in [1.165, 1.54) is 30.4 Å². The first kappa shape index (κ1) is 20.5. The summed E-state index contributed by atoms with van der Waals surface area (Å²) in [5, 5.41) is 7.27. The molecule has 1 aliphatic carbocycles. The Morgan fingerprint density at radius 1 is 1.31 bits per heavy atom. The Bertz CT molecular complexity index is 631. The van der Waals surface area contributed by atoms with Gasteiger partial charge in [-0.2, -0.15) is 0 Å². The zero-order valence-corrected chi connectivity index (χ0v) is 16.9. The second-order valence-electron chi connectivity index (χ2n) is 7.54. The normalized spacial score (nSPS) is 23.3. The van der Waals surface area contributed by atoms with Gasteiger partial charge in [0.15, 0.2) is 0 Å². The van der Waals surface area contributed by atoms with E-state index in [9.17, 15) is 0 Å². The van der Waals surface area contributed by atoms with Crippen LogP contribution in [-0.4, -0.2) is 13.1 Å². The molecular formula is C24H36N2. The van der Waals surface area contributed by atoms with Crippen LogP contribution < -0.4 is 10.6 Å². The molecule has 3 atom stereocenters. The number of hydrogen-bond donors (Lipinski definition) is 2. The average Bonchev–Trinajstić information content (AvgIpc) is 3.38. The molecule has 0 aliphatic heterocycles. The van der Waals surface area contributed by atoms with Gasteiger partial charge in [-0.05, 0) is 67.3 Å². The molecule has 26 heavy (non-hydrogen) atoms. The Morgan fingerprint density at radius 2 is 2.08 bits per heavy atom. The van der Waals surface area contributed by atoms with Crippen molar-refractivity contribution in [2.45, 2.75) is 52.5 Å². The van der Waals surface area contributed by atoms with Gasteiger partial charge in [0, 0.05) is 18.3 Å². The number of hydrogen-bond acceptors (Lipinski definition) is 2. The van der Waals surface area contributed by atoms with Crippen LogP contribution in [0.3, 0.4) is 0 Å². The third-order valence-corrected chi connectivity index (χ3v) is 6.11. The van der Waals surface area contributed by atoms with Gasteiger partial charge in [0.1, 0.15) is 0 Å². The quantitative estimate of drug-likeness (QED) is 0.482. The summed E-state index contributed by atoms with van der Waals surface area (Å²) in [7, 11) is 0. The lowest BCUT2D eigenvalue weighted by molar-refractivity contribution is 0.381. The number of allylic oxidation sites excluding steroid dienone is 3. The Morgan fingerprint density at radius 3 is 2.73 bits per heavy atom. The van der Waals surface area contributed by atoms with Crippen molar-refractivity contribution >= 4 is 0 Å². The molecule has 0 heterocycles. The molecule has 2 N–H and O–H groups in total. The van der Waals surface area contributed by atoms with Crippen molar-refractivity contribution in [1.29, 1.82) is 0 Å². The summed E-state index contributed by atoms with van der Waals surface area (Å²) in [6.07, 6.45) is 10.6. The fourth-order valence-electron chi connectivity index (χ4n) is 4.13. The molecule has 1 fully saturated rings. The lowest BCUT2D eigenvalue weighted by Gasteiger charge is -2.20. The fraction of sp³-hybridized carbons (Fsp3) is 0.500. The van der Waals surface area contributed by atoms with Crippen LogP contribution in [0.2, 0.25) is 0 Å². The van der Waals surface area contributed by atoms with Gasteiger partial charge in [-0.25, -0.2) is 0 Å². The van der Waals surface area contributed by atoms with Gasteiger partial charge in [-0.1, -0.05) is 63.8 Å². The van der Waals surface area contributed by atoms with E-state index in [-0.39, 0.29) is 0 Å². The van der Waals surface area contributed by atoms with Crippen molar-refractivity contribution in [3.8, 4) is 0 Å². The van der Waals surface area contributed by atoms with Crippen LogP contribution in [0.1, 0.15) is 57.2 Å². The van der Waals surface area contributed by atoms with Crippen LogP contribution in [0, 0.1) is 11.3 Å². The Kier molecular flexibility index (Phi) is 7.71. The summed E-state index contributed by atoms with van der Waals surface area (Å²) < 4.78 is 0. The minimum atomic E-state index is 0.419. The van der Waals surface area contributed by atoms with Crippen molar-refractivity contribution in [3.63, 3.8) is 0 Å². The molecule has 2 nitrogen and oxygen atoms in total. The summed E-state index contributed by atoms with van der Waals surface area (Å²) >= 11 is 0. The van der Waals surface area contributed by atoms with Gasteiger partial charge in [0.05, 0.1) is 0 Å². The predicted octanol–water partition coefficient (Wildman–Crippen LogP) is 5.55. The summed E-state index contributed by atoms with van der Waals surface area (Å²) in [5.74, 6) is 0.793. The highest BCUT2D eigenvalue weighted by Crippen LogP contribution is 2.57. The second-order valence-corrected chi connectivity index (χ2v) is 7.54. The van der Waals surface area contributed by atoms with Crippen molar-refractivity contribution in [1.82, 2.24) is 10.6 Å². The maximum atomic E-state index is 3.85. The van der Waals surface area contributed by atoms with Crippen LogP contribution in [0.15, 0.2) is 61.3 Å². The molecule has 1 aromatic rings. The van der Waals surface area contributed by atoms with Crippen LogP contribution in [0.5, 0.6) is 0 Å². The molecule has 1 aliphatic rings. The number of nitrogens with one attached hydrogen (secondary N) is 2. The monoisotopic (exact) mass is 352 g/mol. The number of benzene rings is 1. The molecular weight excluding hydrogens is 316 g/mol. The van der Waals surface area contributed by atoms with E-state index < -0.39 is 0 Å². The average molecular weight is 353 g/mol. The van der Waals surface area contributed by atoms with Gasteiger partial charge in [-0.15, -0.1) is 0 Å². The first-order valence-corrected chi connectivity index (χ1v) is 10.1. The van der Waals surface area contributed by atoms with Crippen LogP contribution >= 0.6 is 0 Å². The molecule has 2 heteroatoms. The van der Waals surface area contributed by atoms with Gasteiger partial charge in [0.2, 0.25) is 0 Å². The van der Waals surface area contributed by atoms with E-state index >= 15 is 0 Å². The van der Waals surface area contributed by atoms with Gasteiger partial charge in [0.25, 0.3) is 0 Å². The fourth-order valence-corrected chi connectivity index (χ4v) is 4.13. The summed E-state index contributed by atoms with van der Waals surface area (Å²) in [5.41, 5.74) is 4.47. The first-order chi connectivity index (χ1) is 12.6. The minimum Gasteiger partial charge on any atom is -0.385 e. The lowest BCUT2D eigenvalue weighted by Crippen LogP contribution is -2.25. The zero-order valence-electron chi connectivity index (χ0n) is 16.9. The molecule has 2 rings (SSSR count). The van der Waals surface area contributed by atoms with Crippen molar-refractivity contribution in [2.24, 2.45) is 11.3 Å². The highest BCUT2D eigenvalue weighted by atomic mass is 14.9. The van der Waals surface area contributed by atoms with E-state index in [0.717, 1.165) is 31.1 Å². The minimum absolute atomic E-state index is 0.419. The molecule has 0 bridgehead atoms. The van der Waals surface area contributed by atoms with E-state index in [2.05, 4.69) is 68.8 Å². The van der Waals surface area contributed by atoms with Crippen LogP contribution in [0.25, 0.3) is 0 Å². The Hall–Kier alpha value is -1.80. The van der Waals surface area contributed by atoms with E-state index in [1.807, 2.05) is 12.2 Å². The Balaban J connectivity index is 1.82. The van der Waals surface area contributed by atoms with E-state index in [0.29, 0.717) is 11.5 Å². The number of rotatable bonds is 12. The topological polar surface area (TPSA) is 24.1 Å². The summed E-state index contributed by atoms with van der Waals surface area (Å²) in [4.78, 5) is 0. The van der Waals surface area contributed by atoms with Gasteiger partial charge < -0.3 is 10.6 Å². The first-order valence-electron chi connectivity index (χ1n) is 10.1. The molecule has 0 aromatic heterocycles. The van der Waals surface area contributed by atoms with E-state index in [4.69, 9.17) is 0 Å². The van der Waals surface area contributed by atoms with Crippen LogP contribution in [0.4, 0.5) is 0 Å². The van der Waals surface area contributed by atoms with Crippen molar-refractivity contribution < 1.29 is 0 Å². The molecule has 0 saturated heterocycles. The molecule has 0 amide bonds. The zero-order chi connectivity index (χ0) is 19.0. The van der Waals surface area contributed by atoms with Crippen molar-refractivity contribution in [2.75, 3.05) is 13.1 Å². The Labute approximate surface area is 160 Å². The summed E-state index contributed by atoms with van der Waals surface area (Å²) in [6.45, 7) is 16.6. The molecule has 142 valence electrons. The van der Waals surface area contributed by atoms with Crippen LogP contribution in [-0.2, 0) is 6.42 Å². The van der Waals surface area contributed by atoms with Gasteiger partial charge >= 0.3 is 0 Å². The predicted molar refractivity (Wildman–Crippen MR) is 114 cm³/mol. The maximum absolute atomic E-state index is 3.85. The molecule has 0 spiro atoms. The number of aryl methyl sites for hydroxylation is 1. The highest BCUT2D eigenvalue weighted by molar-refractivity contribution is 5.29. The SMILES string of the molecule is C=C/C=C(\C=C)NCCC1(CC)CC1CNC(C)c1ccccc1CC. The highest BCUT2D eigenvalue weighted by Gasteiger charge is 2.51. The largest absolute Gasteiger partial charge is 0.385 e. The molecule has 1 aromatic carbocycles. The maximum Gasteiger partial charge on any atom is 0.0333 e. The van der Waals surface area contributed by atoms with Gasteiger partial charge in [-0.3, -0.25) is 0 Å². The smallest absolute Gasteiger partial charge is 0.0333 e. The molecule has 1 saturated carbocycles. The molecule has 3 unspecified atom stereocenters. The lowest BCUT2D eigenvalue weighted by atomic mass is 9.95. The van der Waals surface area contributed by atoms with Crippen molar-refractivity contribution in [3.05, 3.63) is 72.5 Å².